The Hall–Kier alpha value is -1.96. The van der Waals surface area contributed by atoms with E-state index in [1.165, 1.54) is 12.8 Å². The van der Waals surface area contributed by atoms with Crippen LogP contribution in [-0.2, 0) is 9.53 Å². The van der Waals surface area contributed by atoms with Gasteiger partial charge in [-0.25, -0.2) is 9.37 Å². The lowest BCUT2D eigenvalue weighted by Gasteiger charge is -2.44. The molecule has 3 atom stereocenters. The molecule has 1 spiro atoms. The predicted octanol–water partition coefficient (Wildman–Crippen LogP) is 3.88. The number of benzene rings is 1. The number of anilines is 2. The first-order valence-electron chi connectivity index (χ1n) is 11.5. The van der Waals surface area contributed by atoms with Gasteiger partial charge in [0.2, 0.25) is 5.91 Å². The number of amides is 1. The van der Waals surface area contributed by atoms with Gasteiger partial charge in [0, 0.05) is 43.7 Å². The average Bonchev–Trinajstić information content (AvgIpc) is 3.70. The molecule has 2 saturated carbocycles. The molecule has 0 bridgehead atoms. The van der Waals surface area contributed by atoms with E-state index in [0.717, 1.165) is 49.1 Å². The summed E-state index contributed by atoms with van der Waals surface area (Å²) in [6.07, 6.45) is 4.20. The number of ether oxygens (including phenoxy) is 1. The van der Waals surface area contributed by atoms with Gasteiger partial charge in [0.05, 0.1) is 29.5 Å². The molecule has 0 radical (unpaired) electrons. The van der Waals surface area contributed by atoms with Gasteiger partial charge in [0.1, 0.15) is 12.0 Å². The largest absolute Gasteiger partial charge is 0.376 e. The van der Waals surface area contributed by atoms with Crippen LogP contribution in [0.3, 0.4) is 0 Å². The molecule has 1 N–H and O–H groups in total. The van der Waals surface area contributed by atoms with Crippen molar-refractivity contribution in [1.82, 2.24) is 9.88 Å². The van der Waals surface area contributed by atoms with E-state index in [1.54, 1.807) is 6.20 Å². The summed E-state index contributed by atoms with van der Waals surface area (Å²) in [5.41, 5.74) is 0.748. The summed E-state index contributed by atoms with van der Waals surface area (Å²) in [6, 6.07) is 5.93. The van der Waals surface area contributed by atoms with Crippen molar-refractivity contribution in [3.8, 4) is 0 Å². The Kier molecular flexibility index (Phi) is 4.69. The van der Waals surface area contributed by atoms with Gasteiger partial charge in [0.15, 0.2) is 0 Å². The number of carbonyl (C=O) groups excluding carboxylic acids is 1. The van der Waals surface area contributed by atoms with Crippen LogP contribution in [-0.4, -0.2) is 66.9 Å². The van der Waals surface area contributed by atoms with Gasteiger partial charge in [-0.2, -0.15) is 0 Å². The molecule has 2 aromatic rings. The Balaban J connectivity index is 1.18. The highest BCUT2D eigenvalue weighted by Crippen LogP contribution is 2.70. The highest BCUT2D eigenvalue weighted by molar-refractivity contribution is 6.34. The van der Waals surface area contributed by atoms with Crippen molar-refractivity contribution in [2.75, 3.05) is 49.6 Å². The third kappa shape index (κ3) is 3.37. The lowest BCUT2D eigenvalue weighted by molar-refractivity contribution is -0.117. The van der Waals surface area contributed by atoms with E-state index >= 15 is 0 Å². The number of aromatic nitrogens is 1. The fourth-order valence-corrected chi connectivity index (χ4v) is 5.79. The Bertz CT molecular complexity index is 1090. The van der Waals surface area contributed by atoms with E-state index in [1.807, 2.05) is 19.1 Å². The summed E-state index contributed by atoms with van der Waals surface area (Å²) < 4.78 is 19.8. The molecule has 1 amide bonds. The second kappa shape index (κ2) is 7.27. The molecule has 3 heterocycles. The number of alkyl halides is 1. The lowest BCUT2D eigenvalue weighted by Crippen LogP contribution is -2.59. The molecule has 32 heavy (non-hydrogen) atoms. The highest BCUT2D eigenvalue weighted by atomic mass is 35.5. The summed E-state index contributed by atoms with van der Waals surface area (Å²) in [6.45, 7) is 5.64. The smallest absolute Gasteiger partial charge is 0.229 e. The molecule has 1 aromatic carbocycles. The number of piperazine rings is 1. The molecular weight excluding hydrogens is 431 g/mol. The summed E-state index contributed by atoms with van der Waals surface area (Å²) in [5.74, 6) is 0.842. The van der Waals surface area contributed by atoms with Gasteiger partial charge >= 0.3 is 0 Å². The van der Waals surface area contributed by atoms with Gasteiger partial charge in [-0.05, 0) is 55.2 Å². The SMILES string of the molecule is C[C@]1(N2CCN(c3cc4cc(NC(=O)[C@H]5CC56CC6)ncc4cc3Cl)CC2)COC[C@H]1F. The predicted molar refractivity (Wildman–Crippen MR) is 123 cm³/mol. The van der Waals surface area contributed by atoms with Crippen molar-refractivity contribution in [1.29, 1.82) is 0 Å². The standard InChI is InChI=1S/C24H28ClFN4O2/c1-23(14-32-13-20(23)26)30-6-4-29(5-7-30)19-9-15-10-21(27-12-16(15)8-18(19)25)28-22(31)17-11-24(17)2-3-24/h8-10,12,17,20H,2-7,11,13-14H2,1H3,(H,27,28,31)/t17-,20-,23+/m1/s1. The van der Waals surface area contributed by atoms with Crippen molar-refractivity contribution in [2.24, 2.45) is 11.3 Å². The number of carbonyl (C=O) groups is 1. The number of nitrogens with one attached hydrogen (secondary N) is 1. The maximum Gasteiger partial charge on any atom is 0.229 e. The van der Waals surface area contributed by atoms with E-state index < -0.39 is 11.7 Å². The summed E-state index contributed by atoms with van der Waals surface area (Å²) in [4.78, 5) is 21.4. The maximum atomic E-state index is 14.4. The minimum atomic E-state index is -0.954. The molecule has 6 rings (SSSR count). The second-order valence-corrected chi connectivity index (χ2v) is 10.5. The third-order valence-electron chi connectivity index (χ3n) is 8.11. The first-order valence-corrected chi connectivity index (χ1v) is 11.9. The Labute approximate surface area is 192 Å². The Morgan fingerprint density at radius 1 is 1.22 bits per heavy atom. The van der Waals surface area contributed by atoms with E-state index in [2.05, 4.69) is 26.2 Å². The van der Waals surface area contributed by atoms with E-state index in [4.69, 9.17) is 16.3 Å². The molecule has 8 heteroatoms. The fraction of sp³-hybridized carbons (Fsp3) is 0.583. The number of rotatable bonds is 4. The van der Waals surface area contributed by atoms with Crippen molar-refractivity contribution in [3.63, 3.8) is 0 Å². The average molecular weight is 459 g/mol. The minimum Gasteiger partial charge on any atom is -0.376 e. The molecular formula is C24H28ClFN4O2. The molecule has 170 valence electrons. The van der Waals surface area contributed by atoms with Crippen molar-refractivity contribution in [2.45, 2.75) is 37.9 Å². The van der Waals surface area contributed by atoms with Gasteiger partial charge < -0.3 is 15.0 Å². The quantitative estimate of drug-likeness (QED) is 0.753. The molecule has 2 aliphatic carbocycles. The first kappa shape index (κ1) is 20.6. The van der Waals surface area contributed by atoms with Gasteiger partial charge in [-0.3, -0.25) is 9.69 Å². The summed E-state index contributed by atoms with van der Waals surface area (Å²) >= 11 is 6.63. The Morgan fingerprint density at radius 2 is 2.00 bits per heavy atom. The third-order valence-corrected chi connectivity index (χ3v) is 8.42. The van der Waals surface area contributed by atoms with Crippen LogP contribution in [0.5, 0.6) is 0 Å². The topological polar surface area (TPSA) is 57.7 Å². The zero-order chi connectivity index (χ0) is 22.1. The van der Waals surface area contributed by atoms with E-state index in [-0.39, 0.29) is 18.4 Å². The number of halogens is 2. The second-order valence-electron chi connectivity index (χ2n) is 10.1. The first-order chi connectivity index (χ1) is 15.4. The highest BCUT2D eigenvalue weighted by Gasteiger charge is 2.65. The van der Waals surface area contributed by atoms with Crippen LogP contribution < -0.4 is 10.2 Å². The number of nitrogens with zero attached hydrogens (tertiary/aromatic N) is 3. The van der Waals surface area contributed by atoms with Gasteiger partial charge in [-0.1, -0.05) is 11.6 Å². The summed E-state index contributed by atoms with van der Waals surface area (Å²) in [7, 11) is 0. The van der Waals surface area contributed by atoms with Crippen LogP contribution in [0.25, 0.3) is 10.8 Å². The van der Waals surface area contributed by atoms with Crippen LogP contribution in [0.15, 0.2) is 24.4 Å². The maximum absolute atomic E-state index is 14.4. The van der Waals surface area contributed by atoms with Crippen LogP contribution in [0.4, 0.5) is 15.9 Å². The number of hydrogen-bond acceptors (Lipinski definition) is 5. The van der Waals surface area contributed by atoms with Gasteiger partial charge in [0.25, 0.3) is 0 Å². The zero-order valence-corrected chi connectivity index (χ0v) is 19.0. The monoisotopic (exact) mass is 458 g/mol. The molecule has 0 unspecified atom stereocenters. The van der Waals surface area contributed by atoms with Crippen molar-refractivity contribution >= 4 is 39.8 Å². The number of fused-ring (bicyclic) bond motifs is 1. The normalized spacial score (nSPS) is 31.3. The zero-order valence-electron chi connectivity index (χ0n) is 18.2. The van der Waals surface area contributed by atoms with Crippen molar-refractivity contribution in [3.05, 3.63) is 29.4 Å². The van der Waals surface area contributed by atoms with Crippen LogP contribution >= 0.6 is 11.6 Å². The number of hydrogen-bond donors (Lipinski definition) is 1. The Morgan fingerprint density at radius 3 is 2.66 bits per heavy atom. The van der Waals surface area contributed by atoms with E-state index in [9.17, 15) is 9.18 Å². The van der Waals surface area contributed by atoms with Crippen LogP contribution in [0.1, 0.15) is 26.2 Å². The summed E-state index contributed by atoms with van der Waals surface area (Å²) in [5, 5.41) is 5.61. The molecule has 4 fully saturated rings. The van der Waals surface area contributed by atoms with Gasteiger partial charge in [-0.15, -0.1) is 0 Å². The lowest BCUT2D eigenvalue weighted by atomic mass is 9.96. The molecule has 4 aliphatic rings. The molecule has 1 aromatic heterocycles. The van der Waals surface area contributed by atoms with Crippen LogP contribution in [0.2, 0.25) is 5.02 Å². The number of pyridine rings is 1. The molecule has 6 nitrogen and oxygen atoms in total. The van der Waals surface area contributed by atoms with E-state index in [0.29, 0.717) is 22.9 Å². The molecule has 2 aliphatic heterocycles. The van der Waals surface area contributed by atoms with Crippen LogP contribution in [0, 0.1) is 11.3 Å². The van der Waals surface area contributed by atoms with Crippen molar-refractivity contribution < 1.29 is 13.9 Å². The molecule has 2 saturated heterocycles. The minimum absolute atomic E-state index is 0.0928. The fourth-order valence-electron chi connectivity index (χ4n) is 5.50.